The van der Waals surface area contributed by atoms with Gasteiger partial charge in [0, 0.05) is 30.1 Å². The number of pyridine rings is 1. The first-order valence-electron chi connectivity index (χ1n) is 7.48. The van der Waals surface area contributed by atoms with Crippen LogP contribution in [0.15, 0.2) is 53.7 Å². The fourth-order valence-corrected chi connectivity index (χ4v) is 3.26. The molecule has 0 fully saturated rings. The van der Waals surface area contributed by atoms with Gasteiger partial charge < -0.3 is 10.4 Å². The van der Waals surface area contributed by atoms with Crippen molar-refractivity contribution in [2.45, 2.75) is 6.54 Å². The minimum Gasteiger partial charge on any atom is -0.492 e. The number of anilines is 1. The molecule has 7 heteroatoms. The van der Waals surface area contributed by atoms with Gasteiger partial charge in [0.2, 0.25) is 5.88 Å². The molecule has 0 unspecified atom stereocenters. The predicted molar refractivity (Wildman–Crippen MR) is 105 cm³/mol. The zero-order valence-corrected chi connectivity index (χ0v) is 14.7. The van der Waals surface area contributed by atoms with Crippen molar-refractivity contribution in [3.05, 3.63) is 64.7 Å². The summed E-state index contributed by atoms with van der Waals surface area (Å²) in [6, 6.07) is 13.9. The average Bonchev–Trinajstić information content (AvgIpc) is 3.18. The number of aliphatic imine (C=N–C) groups is 1. The summed E-state index contributed by atoms with van der Waals surface area (Å²) in [5.74, 6) is 0.726. The van der Waals surface area contributed by atoms with Crippen LogP contribution in [0.5, 0.6) is 5.88 Å². The van der Waals surface area contributed by atoms with E-state index >= 15 is 0 Å². The predicted octanol–water partition coefficient (Wildman–Crippen LogP) is 4.53. The van der Waals surface area contributed by atoms with Gasteiger partial charge in [-0.25, -0.2) is 9.98 Å². The number of nitrogens with one attached hydrogen (secondary N) is 1. The van der Waals surface area contributed by atoms with Gasteiger partial charge in [-0.3, -0.25) is 0 Å². The van der Waals surface area contributed by atoms with Crippen molar-refractivity contribution in [3.63, 3.8) is 0 Å². The minimum atomic E-state index is 0. The molecule has 0 saturated heterocycles. The highest BCUT2D eigenvalue weighted by molar-refractivity contribution is 7.16. The number of allylic oxidation sites excluding steroid dienone is 1. The Bertz CT molecular complexity index is 937. The van der Waals surface area contributed by atoms with E-state index in [2.05, 4.69) is 20.3 Å². The first-order chi connectivity index (χ1) is 11.8. The topological polar surface area (TPSA) is 70.4 Å². The zero-order valence-electron chi connectivity index (χ0n) is 13.1. The van der Waals surface area contributed by atoms with Crippen LogP contribution in [0.25, 0.3) is 11.6 Å². The number of thiazole rings is 1. The Morgan fingerprint density at radius 1 is 1.12 bits per heavy atom. The third-order valence-electron chi connectivity index (χ3n) is 3.63. The van der Waals surface area contributed by atoms with Crippen molar-refractivity contribution in [2.75, 3.05) is 5.32 Å². The molecule has 5 nitrogen and oxygen atoms in total. The standard InChI is InChI=1S/C18H14N4OS.ClH/c23-17-15(9-13-11-20-16-14(13)7-4-8-19-16)24-18(22-17)21-10-12-5-2-1-3-6-12;/h1-9,11,23H,10H2,(H,21,22);1H/b13-9+;. The summed E-state index contributed by atoms with van der Waals surface area (Å²) in [5, 5.41) is 14.0. The van der Waals surface area contributed by atoms with Crippen LogP contribution in [0, 0.1) is 0 Å². The minimum absolute atomic E-state index is 0. The molecule has 1 aliphatic heterocycles. The summed E-state index contributed by atoms with van der Waals surface area (Å²) < 4.78 is 0. The largest absolute Gasteiger partial charge is 0.492 e. The van der Waals surface area contributed by atoms with E-state index in [0.717, 1.165) is 16.7 Å². The molecular formula is C18H15ClN4OS. The lowest BCUT2D eigenvalue weighted by atomic mass is 10.1. The number of aromatic hydroxyl groups is 1. The highest BCUT2D eigenvalue weighted by Gasteiger charge is 2.15. The third-order valence-corrected chi connectivity index (χ3v) is 4.58. The first kappa shape index (κ1) is 17.1. The van der Waals surface area contributed by atoms with E-state index in [1.807, 2.05) is 48.5 Å². The Labute approximate surface area is 155 Å². The monoisotopic (exact) mass is 370 g/mol. The van der Waals surface area contributed by atoms with Gasteiger partial charge in [0.15, 0.2) is 10.9 Å². The second kappa shape index (κ2) is 7.46. The molecule has 0 bridgehead atoms. The van der Waals surface area contributed by atoms with Gasteiger partial charge in [0.1, 0.15) is 0 Å². The van der Waals surface area contributed by atoms with E-state index < -0.39 is 0 Å². The molecule has 0 aliphatic carbocycles. The van der Waals surface area contributed by atoms with Gasteiger partial charge in [0.25, 0.3) is 0 Å². The maximum Gasteiger partial charge on any atom is 0.231 e. The van der Waals surface area contributed by atoms with Crippen molar-refractivity contribution in [1.29, 1.82) is 0 Å². The molecule has 3 heterocycles. The summed E-state index contributed by atoms with van der Waals surface area (Å²) in [4.78, 5) is 13.4. The Balaban J connectivity index is 0.00000182. The molecule has 25 heavy (non-hydrogen) atoms. The van der Waals surface area contributed by atoms with E-state index in [-0.39, 0.29) is 18.3 Å². The van der Waals surface area contributed by atoms with Crippen molar-refractivity contribution >= 4 is 52.6 Å². The number of aromatic nitrogens is 2. The van der Waals surface area contributed by atoms with Crippen molar-refractivity contribution in [2.24, 2.45) is 4.99 Å². The van der Waals surface area contributed by atoms with Crippen LogP contribution in [0.4, 0.5) is 10.9 Å². The SMILES string of the molecule is Cl.Oc1nc(NCc2ccccc2)sc1/C=C1\C=Nc2ncccc21. The van der Waals surface area contributed by atoms with E-state index in [1.165, 1.54) is 11.3 Å². The number of fused-ring (bicyclic) bond motifs is 1. The van der Waals surface area contributed by atoms with Crippen LogP contribution in [-0.4, -0.2) is 21.3 Å². The molecule has 0 atom stereocenters. The van der Waals surface area contributed by atoms with Gasteiger partial charge in [-0.2, -0.15) is 4.98 Å². The lowest BCUT2D eigenvalue weighted by molar-refractivity contribution is 0.456. The molecule has 0 spiro atoms. The van der Waals surface area contributed by atoms with Crippen LogP contribution < -0.4 is 5.32 Å². The first-order valence-corrected chi connectivity index (χ1v) is 8.30. The van der Waals surface area contributed by atoms with Crippen LogP contribution >= 0.6 is 23.7 Å². The van der Waals surface area contributed by atoms with Gasteiger partial charge in [-0.1, -0.05) is 41.7 Å². The number of nitrogens with zero attached hydrogens (tertiary/aromatic N) is 3. The molecule has 2 aromatic heterocycles. The van der Waals surface area contributed by atoms with E-state index in [1.54, 1.807) is 12.4 Å². The molecule has 126 valence electrons. The third kappa shape index (κ3) is 3.70. The lowest BCUT2D eigenvalue weighted by Crippen LogP contribution is -1.97. The molecule has 4 rings (SSSR count). The number of hydrogen-bond acceptors (Lipinski definition) is 6. The smallest absolute Gasteiger partial charge is 0.231 e. The lowest BCUT2D eigenvalue weighted by Gasteiger charge is -2.01. The fourth-order valence-electron chi connectivity index (χ4n) is 2.45. The Morgan fingerprint density at radius 2 is 1.96 bits per heavy atom. The zero-order chi connectivity index (χ0) is 16.4. The highest BCUT2D eigenvalue weighted by Crippen LogP contribution is 2.35. The highest BCUT2D eigenvalue weighted by atomic mass is 35.5. The Hall–Kier alpha value is -2.70. The molecule has 1 aliphatic rings. The maximum absolute atomic E-state index is 10.1. The molecule has 0 saturated carbocycles. The number of benzene rings is 1. The van der Waals surface area contributed by atoms with Gasteiger partial charge in [0.05, 0.1) is 4.88 Å². The Morgan fingerprint density at radius 3 is 2.80 bits per heavy atom. The normalized spacial score (nSPS) is 13.5. The molecule has 1 aromatic carbocycles. The quantitative estimate of drug-likeness (QED) is 0.707. The van der Waals surface area contributed by atoms with Crippen molar-refractivity contribution in [1.82, 2.24) is 9.97 Å². The average molecular weight is 371 g/mol. The summed E-state index contributed by atoms with van der Waals surface area (Å²) >= 11 is 1.41. The summed E-state index contributed by atoms with van der Waals surface area (Å²) in [7, 11) is 0. The van der Waals surface area contributed by atoms with E-state index in [9.17, 15) is 5.11 Å². The van der Waals surface area contributed by atoms with Crippen LogP contribution in [-0.2, 0) is 6.54 Å². The van der Waals surface area contributed by atoms with E-state index in [4.69, 9.17) is 0 Å². The van der Waals surface area contributed by atoms with Crippen LogP contribution in [0.2, 0.25) is 0 Å². The summed E-state index contributed by atoms with van der Waals surface area (Å²) in [6.45, 7) is 0.665. The van der Waals surface area contributed by atoms with Crippen LogP contribution in [0.1, 0.15) is 16.0 Å². The maximum atomic E-state index is 10.1. The summed E-state index contributed by atoms with van der Waals surface area (Å²) in [5.41, 5.74) is 3.05. The second-order valence-corrected chi connectivity index (χ2v) is 6.31. The van der Waals surface area contributed by atoms with Gasteiger partial charge in [-0.05, 0) is 23.8 Å². The van der Waals surface area contributed by atoms with Gasteiger partial charge >= 0.3 is 0 Å². The van der Waals surface area contributed by atoms with Gasteiger partial charge in [-0.15, -0.1) is 12.4 Å². The summed E-state index contributed by atoms with van der Waals surface area (Å²) in [6.07, 6.45) is 5.36. The number of halogens is 1. The van der Waals surface area contributed by atoms with E-state index in [0.29, 0.717) is 22.4 Å². The van der Waals surface area contributed by atoms with Crippen molar-refractivity contribution < 1.29 is 5.11 Å². The Kier molecular flexibility index (Phi) is 5.11. The molecule has 0 amide bonds. The molecular weight excluding hydrogens is 356 g/mol. The van der Waals surface area contributed by atoms with Crippen molar-refractivity contribution in [3.8, 4) is 5.88 Å². The molecule has 3 aromatic rings. The number of hydrogen-bond donors (Lipinski definition) is 2. The fraction of sp³-hybridized carbons (Fsp3) is 0.0556. The van der Waals surface area contributed by atoms with Crippen LogP contribution in [0.3, 0.4) is 0 Å². The number of rotatable bonds is 4. The second-order valence-electron chi connectivity index (χ2n) is 5.28. The molecule has 0 radical (unpaired) electrons. The molecule has 2 N–H and O–H groups in total.